The molecule has 0 bridgehead atoms. The number of hydrogen-bond acceptors (Lipinski definition) is 5. The highest BCUT2D eigenvalue weighted by Crippen LogP contribution is 2.33. The highest BCUT2D eigenvalue weighted by atomic mass is 16.7. The van der Waals surface area contributed by atoms with Gasteiger partial charge in [-0.05, 0) is 44.1 Å². The highest BCUT2D eigenvalue weighted by Gasteiger charge is 2.32. The lowest BCUT2D eigenvalue weighted by molar-refractivity contribution is 0.0511. The van der Waals surface area contributed by atoms with Gasteiger partial charge < -0.3 is 24.8 Å². The van der Waals surface area contributed by atoms with Crippen molar-refractivity contribution >= 4 is 5.91 Å². The average Bonchev–Trinajstić information content (AvgIpc) is 3.01. The van der Waals surface area contributed by atoms with E-state index in [1.807, 2.05) is 0 Å². The molecule has 0 aliphatic carbocycles. The predicted octanol–water partition coefficient (Wildman–Crippen LogP) is 1.16. The summed E-state index contributed by atoms with van der Waals surface area (Å²) in [6.07, 6.45) is 2.00. The van der Waals surface area contributed by atoms with Gasteiger partial charge in [-0.1, -0.05) is 0 Å². The van der Waals surface area contributed by atoms with Crippen LogP contribution in [0.15, 0.2) is 18.2 Å². The molecule has 120 valence electrons. The Bertz CT molecular complexity index is 535. The van der Waals surface area contributed by atoms with E-state index in [1.165, 1.54) is 0 Å². The van der Waals surface area contributed by atoms with E-state index >= 15 is 0 Å². The molecule has 2 aliphatic heterocycles. The first-order valence-electron chi connectivity index (χ1n) is 7.60. The van der Waals surface area contributed by atoms with E-state index < -0.39 is 0 Å². The number of methoxy groups -OCH3 is 1. The molecular weight excluding hydrogens is 284 g/mol. The molecule has 2 N–H and O–H groups in total. The molecule has 1 amide bonds. The Hall–Kier alpha value is -1.79. The maximum atomic E-state index is 12.4. The summed E-state index contributed by atoms with van der Waals surface area (Å²) in [4.78, 5) is 12.4. The van der Waals surface area contributed by atoms with Gasteiger partial charge in [0, 0.05) is 24.6 Å². The minimum absolute atomic E-state index is 0.0198. The summed E-state index contributed by atoms with van der Waals surface area (Å²) in [6.45, 7) is 3.42. The quantitative estimate of drug-likeness (QED) is 0.854. The fraction of sp³-hybridized carbons (Fsp3) is 0.562. The maximum absolute atomic E-state index is 12.4. The summed E-state index contributed by atoms with van der Waals surface area (Å²) in [5, 5.41) is 6.39. The number of rotatable bonds is 5. The lowest BCUT2D eigenvalue weighted by Crippen LogP contribution is -2.47. The monoisotopic (exact) mass is 306 g/mol. The molecular formula is C16H22N2O4. The number of ether oxygens (including phenoxy) is 3. The Morgan fingerprint density at radius 2 is 2.09 bits per heavy atom. The summed E-state index contributed by atoms with van der Waals surface area (Å²) in [6, 6.07) is 5.25. The zero-order chi connectivity index (χ0) is 15.4. The van der Waals surface area contributed by atoms with Gasteiger partial charge in [-0.3, -0.25) is 4.79 Å². The van der Waals surface area contributed by atoms with E-state index in [2.05, 4.69) is 10.6 Å². The van der Waals surface area contributed by atoms with Crippen LogP contribution in [0.5, 0.6) is 11.5 Å². The molecule has 0 atom stereocenters. The molecule has 0 unspecified atom stereocenters. The zero-order valence-corrected chi connectivity index (χ0v) is 12.8. The molecule has 0 aromatic heterocycles. The largest absolute Gasteiger partial charge is 0.454 e. The van der Waals surface area contributed by atoms with Crippen molar-refractivity contribution in [1.82, 2.24) is 10.6 Å². The first-order valence-corrected chi connectivity index (χ1v) is 7.60. The van der Waals surface area contributed by atoms with Gasteiger partial charge in [-0.15, -0.1) is 0 Å². The number of hydrogen-bond donors (Lipinski definition) is 2. The van der Waals surface area contributed by atoms with Crippen molar-refractivity contribution < 1.29 is 19.0 Å². The van der Waals surface area contributed by atoms with E-state index in [1.54, 1.807) is 25.3 Å². The number of nitrogens with one attached hydrogen (secondary N) is 2. The van der Waals surface area contributed by atoms with Crippen molar-refractivity contribution in [1.29, 1.82) is 0 Å². The second kappa shape index (κ2) is 6.54. The van der Waals surface area contributed by atoms with Crippen molar-refractivity contribution in [2.45, 2.75) is 12.8 Å². The van der Waals surface area contributed by atoms with Gasteiger partial charge in [-0.25, -0.2) is 0 Å². The molecule has 0 spiro atoms. The first kappa shape index (κ1) is 15.1. The van der Waals surface area contributed by atoms with Crippen molar-refractivity contribution in [3.63, 3.8) is 0 Å². The number of carbonyl (C=O) groups is 1. The Balaban J connectivity index is 1.63. The minimum atomic E-state index is -0.0905. The fourth-order valence-corrected chi connectivity index (χ4v) is 3.04. The van der Waals surface area contributed by atoms with Gasteiger partial charge in [-0.2, -0.15) is 0 Å². The normalized spacial score (nSPS) is 19.0. The zero-order valence-electron chi connectivity index (χ0n) is 12.8. The summed E-state index contributed by atoms with van der Waals surface area (Å²) in [5.74, 6) is 1.22. The summed E-state index contributed by atoms with van der Waals surface area (Å²) < 4.78 is 15.9. The van der Waals surface area contributed by atoms with E-state index in [9.17, 15) is 4.79 Å². The van der Waals surface area contributed by atoms with Crippen LogP contribution in [0.1, 0.15) is 23.2 Å². The third-order valence-corrected chi connectivity index (χ3v) is 4.37. The van der Waals surface area contributed by atoms with E-state index in [-0.39, 0.29) is 18.1 Å². The highest BCUT2D eigenvalue weighted by molar-refractivity contribution is 5.94. The maximum Gasteiger partial charge on any atom is 0.251 e. The van der Waals surface area contributed by atoms with E-state index in [0.29, 0.717) is 30.2 Å². The molecule has 1 aromatic carbocycles. The number of fused-ring (bicyclic) bond motifs is 1. The average molecular weight is 306 g/mol. The molecule has 22 heavy (non-hydrogen) atoms. The molecule has 1 saturated heterocycles. The SMILES string of the molecule is COCC1(CNC(=O)c2ccc3c(c2)OCO3)CCNCC1. The van der Waals surface area contributed by atoms with Crippen LogP contribution in [-0.2, 0) is 4.74 Å². The number of piperidine rings is 1. The van der Waals surface area contributed by atoms with Crippen molar-refractivity contribution in [3.05, 3.63) is 23.8 Å². The topological polar surface area (TPSA) is 68.8 Å². The second-order valence-electron chi connectivity index (χ2n) is 5.93. The molecule has 6 heteroatoms. The Morgan fingerprint density at radius 1 is 1.32 bits per heavy atom. The number of benzene rings is 1. The summed E-state index contributed by atoms with van der Waals surface area (Å²) in [7, 11) is 1.71. The van der Waals surface area contributed by atoms with Crippen LogP contribution in [0.4, 0.5) is 0 Å². The van der Waals surface area contributed by atoms with Gasteiger partial charge in [0.15, 0.2) is 11.5 Å². The van der Waals surface area contributed by atoms with Crippen LogP contribution in [0.3, 0.4) is 0 Å². The van der Waals surface area contributed by atoms with Crippen molar-refractivity contribution in [2.24, 2.45) is 5.41 Å². The molecule has 3 rings (SSSR count). The third-order valence-electron chi connectivity index (χ3n) is 4.37. The molecule has 2 heterocycles. The van der Waals surface area contributed by atoms with Crippen molar-refractivity contribution in [2.75, 3.05) is 40.1 Å². The molecule has 0 radical (unpaired) electrons. The lowest BCUT2D eigenvalue weighted by Gasteiger charge is -2.37. The third kappa shape index (κ3) is 3.18. The minimum Gasteiger partial charge on any atom is -0.454 e. The van der Waals surface area contributed by atoms with Crippen LogP contribution in [0, 0.1) is 5.41 Å². The second-order valence-corrected chi connectivity index (χ2v) is 5.93. The predicted molar refractivity (Wildman–Crippen MR) is 81.3 cm³/mol. The van der Waals surface area contributed by atoms with Crippen LogP contribution in [0.2, 0.25) is 0 Å². The van der Waals surface area contributed by atoms with Gasteiger partial charge in [0.1, 0.15) is 0 Å². The smallest absolute Gasteiger partial charge is 0.251 e. The molecule has 0 saturated carbocycles. The Kier molecular flexibility index (Phi) is 4.49. The van der Waals surface area contributed by atoms with Gasteiger partial charge in [0.05, 0.1) is 6.61 Å². The van der Waals surface area contributed by atoms with Gasteiger partial charge in [0.25, 0.3) is 5.91 Å². The molecule has 1 aromatic rings. The van der Waals surface area contributed by atoms with Crippen LogP contribution >= 0.6 is 0 Å². The van der Waals surface area contributed by atoms with Crippen LogP contribution in [-0.4, -0.2) is 46.1 Å². The van der Waals surface area contributed by atoms with Crippen molar-refractivity contribution in [3.8, 4) is 11.5 Å². The Morgan fingerprint density at radius 3 is 2.86 bits per heavy atom. The molecule has 2 aliphatic rings. The Labute approximate surface area is 130 Å². The number of carbonyl (C=O) groups excluding carboxylic acids is 1. The summed E-state index contributed by atoms with van der Waals surface area (Å²) in [5.41, 5.74) is 0.608. The first-order chi connectivity index (χ1) is 10.7. The summed E-state index contributed by atoms with van der Waals surface area (Å²) >= 11 is 0. The van der Waals surface area contributed by atoms with Gasteiger partial charge >= 0.3 is 0 Å². The van der Waals surface area contributed by atoms with Crippen LogP contribution < -0.4 is 20.1 Å². The van der Waals surface area contributed by atoms with E-state index in [0.717, 1.165) is 25.9 Å². The molecule has 6 nitrogen and oxygen atoms in total. The van der Waals surface area contributed by atoms with E-state index in [4.69, 9.17) is 14.2 Å². The number of amides is 1. The lowest BCUT2D eigenvalue weighted by atomic mass is 9.79. The standard InChI is InChI=1S/C16H22N2O4/c1-20-10-16(4-6-17-7-5-16)9-18-15(19)12-2-3-13-14(8-12)22-11-21-13/h2-3,8,17H,4-7,9-11H2,1H3,(H,18,19). The van der Waals surface area contributed by atoms with Crippen LogP contribution in [0.25, 0.3) is 0 Å². The fourth-order valence-electron chi connectivity index (χ4n) is 3.04. The van der Waals surface area contributed by atoms with Gasteiger partial charge in [0.2, 0.25) is 6.79 Å². The molecule has 1 fully saturated rings.